The van der Waals surface area contributed by atoms with Crippen molar-refractivity contribution < 1.29 is 13.0 Å². The molecule has 0 aliphatic rings. The first-order valence-electron chi connectivity index (χ1n) is 8.41. The van der Waals surface area contributed by atoms with Crippen LogP contribution in [-0.2, 0) is 15.4 Å². The molecule has 0 aliphatic heterocycles. The van der Waals surface area contributed by atoms with Crippen LogP contribution in [0.25, 0.3) is 0 Å². The van der Waals surface area contributed by atoms with Crippen molar-refractivity contribution in [3.63, 3.8) is 0 Å². The van der Waals surface area contributed by atoms with Crippen molar-refractivity contribution >= 4 is 30.9 Å². The summed E-state index contributed by atoms with van der Waals surface area (Å²) in [7, 11) is -3.30. The average Bonchev–Trinajstić information content (AvgIpc) is 2.39. The molecule has 0 unspecified atom stereocenters. The lowest BCUT2D eigenvalue weighted by Gasteiger charge is -2.37. The Hall–Kier alpha value is -0.273. The van der Waals surface area contributed by atoms with E-state index in [1.807, 2.05) is 20.8 Å². The SMILES string of the molecule is CC(C)(C)[S@@](=O)N[C@H](CO[Si](C)(C)C(C)(C)C)c1cc(F)cc(Cl)c1. The van der Waals surface area contributed by atoms with Gasteiger partial charge in [0.05, 0.1) is 28.4 Å². The van der Waals surface area contributed by atoms with Crippen molar-refractivity contribution in [2.75, 3.05) is 6.61 Å². The van der Waals surface area contributed by atoms with Crippen molar-refractivity contribution in [3.05, 3.63) is 34.6 Å². The summed E-state index contributed by atoms with van der Waals surface area (Å²) in [5, 5.41) is 0.371. The number of hydrogen-bond donors (Lipinski definition) is 1. The zero-order valence-electron chi connectivity index (χ0n) is 16.5. The van der Waals surface area contributed by atoms with Crippen LogP contribution in [0.15, 0.2) is 18.2 Å². The highest BCUT2D eigenvalue weighted by atomic mass is 35.5. The standard InChI is InChI=1S/C18H31ClFNO2SSi/c1-17(2,3)24(22)21-16(12-23-25(7,8)18(4,5)6)13-9-14(19)11-15(20)10-13/h9-11,16,21H,12H2,1-8H3/t16-,24-/m1/s1. The van der Waals surface area contributed by atoms with Crippen LogP contribution in [0.3, 0.4) is 0 Å². The van der Waals surface area contributed by atoms with Crippen molar-refractivity contribution in [1.82, 2.24) is 4.72 Å². The monoisotopic (exact) mass is 407 g/mol. The first-order valence-corrected chi connectivity index (χ1v) is 12.8. The molecule has 0 spiro atoms. The van der Waals surface area contributed by atoms with Gasteiger partial charge < -0.3 is 4.43 Å². The summed E-state index contributed by atoms with van der Waals surface area (Å²) in [4.78, 5) is 0. The Morgan fingerprint density at radius 3 is 2.20 bits per heavy atom. The highest BCUT2D eigenvalue weighted by Crippen LogP contribution is 2.37. The van der Waals surface area contributed by atoms with Gasteiger partial charge in [-0.15, -0.1) is 0 Å². The molecule has 25 heavy (non-hydrogen) atoms. The second-order valence-electron chi connectivity index (χ2n) is 8.83. The molecule has 7 heteroatoms. The van der Waals surface area contributed by atoms with Gasteiger partial charge in [-0.05, 0) is 62.7 Å². The van der Waals surface area contributed by atoms with Gasteiger partial charge in [0.1, 0.15) is 5.82 Å². The molecule has 0 radical (unpaired) electrons. The first-order chi connectivity index (χ1) is 11.1. The highest BCUT2D eigenvalue weighted by molar-refractivity contribution is 7.84. The average molecular weight is 408 g/mol. The molecule has 1 aromatic carbocycles. The lowest BCUT2D eigenvalue weighted by atomic mass is 10.1. The fourth-order valence-electron chi connectivity index (χ4n) is 1.79. The van der Waals surface area contributed by atoms with Crippen LogP contribution in [0.1, 0.15) is 53.1 Å². The van der Waals surface area contributed by atoms with Crippen molar-refractivity contribution in [2.45, 2.75) is 70.5 Å². The fraction of sp³-hybridized carbons (Fsp3) is 0.667. The minimum atomic E-state index is -1.99. The van der Waals surface area contributed by atoms with Crippen LogP contribution >= 0.6 is 11.6 Å². The van der Waals surface area contributed by atoms with Crippen LogP contribution in [0.2, 0.25) is 23.2 Å². The van der Waals surface area contributed by atoms with Gasteiger partial charge in [-0.1, -0.05) is 32.4 Å². The topological polar surface area (TPSA) is 38.3 Å². The van der Waals surface area contributed by atoms with Gasteiger partial charge in [-0.3, -0.25) is 0 Å². The van der Waals surface area contributed by atoms with Crippen LogP contribution in [0, 0.1) is 5.82 Å². The Bertz CT molecular complexity index is 606. The summed E-state index contributed by atoms with van der Waals surface area (Å²) in [5.74, 6) is -0.414. The van der Waals surface area contributed by atoms with Crippen molar-refractivity contribution in [2.24, 2.45) is 0 Å². The van der Waals surface area contributed by atoms with E-state index in [9.17, 15) is 8.60 Å². The number of rotatable bonds is 6. The molecule has 0 heterocycles. The van der Waals surface area contributed by atoms with E-state index in [1.165, 1.54) is 12.1 Å². The van der Waals surface area contributed by atoms with E-state index in [0.717, 1.165) is 0 Å². The number of hydrogen-bond acceptors (Lipinski definition) is 2. The van der Waals surface area contributed by atoms with Crippen molar-refractivity contribution in [1.29, 1.82) is 0 Å². The summed E-state index contributed by atoms with van der Waals surface area (Å²) >= 11 is 6.01. The first kappa shape index (κ1) is 22.8. The smallest absolute Gasteiger partial charge is 0.192 e. The summed E-state index contributed by atoms with van der Waals surface area (Å²) < 4.78 is 35.3. The number of halogens is 2. The Morgan fingerprint density at radius 2 is 1.76 bits per heavy atom. The third-order valence-corrected chi connectivity index (χ3v) is 10.8. The van der Waals surface area contributed by atoms with Crippen LogP contribution in [0.4, 0.5) is 4.39 Å². The maximum atomic E-state index is 13.8. The van der Waals surface area contributed by atoms with E-state index in [0.29, 0.717) is 17.2 Å². The molecule has 0 amide bonds. The van der Waals surface area contributed by atoms with E-state index in [4.69, 9.17) is 16.0 Å². The molecule has 1 aromatic rings. The van der Waals surface area contributed by atoms with Gasteiger partial charge in [-0.2, -0.15) is 0 Å². The van der Waals surface area contributed by atoms with E-state index in [1.54, 1.807) is 6.07 Å². The van der Waals surface area contributed by atoms with Crippen LogP contribution in [0.5, 0.6) is 0 Å². The Labute approximate surface area is 160 Å². The second-order valence-corrected chi connectivity index (χ2v) is 16.1. The molecule has 0 aromatic heterocycles. The second kappa shape index (κ2) is 8.17. The summed E-state index contributed by atoms with van der Waals surface area (Å²) in [6.45, 7) is 16.8. The van der Waals surface area contributed by atoms with Crippen LogP contribution < -0.4 is 4.72 Å². The Morgan fingerprint density at radius 1 is 1.20 bits per heavy atom. The largest absolute Gasteiger partial charge is 0.415 e. The van der Waals surface area contributed by atoms with Gasteiger partial charge in [0.2, 0.25) is 0 Å². The molecule has 3 nitrogen and oxygen atoms in total. The molecular weight excluding hydrogens is 377 g/mol. The van der Waals surface area contributed by atoms with Gasteiger partial charge in [0.25, 0.3) is 0 Å². The fourth-order valence-corrected chi connectivity index (χ4v) is 3.85. The van der Waals surface area contributed by atoms with Crippen molar-refractivity contribution in [3.8, 4) is 0 Å². The number of benzene rings is 1. The molecule has 0 bridgehead atoms. The van der Waals surface area contributed by atoms with Gasteiger partial charge in [0, 0.05) is 5.02 Å². The predicted octanol–water partition coefficient (Wildman–Crippen LogP) is 5.59. The number of nitrogens with one attached hydrogen (secondary N) is 1. The summed E-state index contributed by atoms with van der Waals surface area (Å²) in [6, 6.07) is 3.97. The summed E-state index contributed by atoms with van der Waals surface area (Å²) in [6.07, 6.45) is 0. The molecule has 2 atom stereocenters. The highest BCUT2D eigenvalue weighted by Gasteiger charge is 2.38. The van der Waals surface area contributed by atoms with Gasteiger partial charge >= 0.3 is 0 Å². The maximum Gasteiger partial charge on any atom is 0.192 e. The molecule has 1 rings (SSSR count). The molecule has 1 N–H and O–H groups in total. The third-order valence-electron chi connectivity index (χ3n) is 4.51. The zero-order valence-corrected chi connectivity index (χ0v) is 19.1. The maximum absolute atomic E-state index is 13.8. The molecule has 0 saturated carbocycles. The molecule has 0 saturated heterocycles. The van der Waals surface area contributed by atoms with E-state index in [2.05, 4.69) is 38.6 Å². The lowest BCUT2D eigenvalue weighted by molar-refractivity contribution is 0.257. The van der Waals surface area contributed by atoms with Crippen LogP contribution in [-0.4, -0.2) is 23.9 Å². The normalized spacial score (nSPS) is 15.9. The Balaban J connectivity index is 3.09. The van der Waals surface area contributed by atoms with E-state index < -0.39 is 35.9 Å². The van der Waals surface area contributed by atoms with E-state index >= 15 is 0 Å². The Kier molecular flexibility index (Phi) is 7.44. The molecular formula is C18H31ClFNO2SSi. The molecule has 144 valence electrons. The lowest BCUT2D eigenvalue weighted by Crippen LogP contribution is -2.44. The summed E-state index contributed by atoms with van der Waals surface area (Å²) in [5.41, 5.74) is 0.640. The zero-order chi connectivity index (χ0) is 19.6. The van der Waals surface area contributed by atoms with Gasteiger partial charge in [-0.25, -0.2) is 13.3 Å². The quantitative estimate of drug-likeness (QED) is 0.623. The third kappa shape index (κ3) is 6.75. The molecule has 0 fully saturated rings. The van der Waals surface area contributed by atoms with E-state index in [-0.39, 0.29) is 5.04 Å². The molecule has 0 aliphatic carbocycles. The predicted molar refractivity (Wildman–Crippen MR) is 108 cm³/mol. The minimum absolute atomic E-state index is 0.0559. The minimum Gasteiger partial charge on any atom is -0.415 e. The van der Waals surface area contributed by atoms with Gasteiger partial charge in [0.15, 0.2) is 8.32 Å².